The third-order valence-corrected chi connectivity index (χ3v) is 2.84. The Morgan fingerprint density at radius 1 is 1.22 bits per heavy atom. The molecule has 0 heterocycles. The van der Waals surface area contributed by atoms with Gasteiger partial charge in [0.05, 0.1) is 25.2 Å². The maximum absolute atomic E-state index is 11.6. The number of carbonyl (C=O) groups excluding carboxylic acids is 1. The molecule has 0 fully saturated rings. The summed E-state index contributed by atoms with van der Waals surface area (Å²) in [5, 5.41) is 13.6. The van der Waals surface area contributed by atoms with Crippen LogP contribution in [0, 0.1) is 10.1 Å². The van der Waals surface area contributed by atoms with Gasteiger partial charge in [-0.25, -0.2) is 4.79 Å². The fourth-order valence-electron chi connectivity index (χ4n) is 1.90. The van der Waals surface area contributed by atoms with E-state index in [4.69, 9.17) is 14.2 Å². The van der Waals surface area contributed by atoms with Crippen molar-refractivity contribution in [2.75, 3.05) is 20.8 Å². The summed E-state index contributed by atoms with van der Waals surface area (Å²) in [6, 6.07) is 2.84. The number of hydrogen-bond donors (Lipinski definition) is 1. The number of carbonyl (C=O) groups is 1. The molecule has 0 unspecified atom stereocenters. The minimum atomic E-state index is -0.571. The Morgan fingerprint density at radius 3 is 2.30 bits per heavy atom. The lowest BCUT2D eigenvalue weighted by Gasteiger charge is -2.19. The SMILES string of the molecule is COc1cc([N+](=O)[O-])c(OC)cc1CCNC(=O)OC(C)(C)C. The second-order valence-electron chi connectivity index (χ2n) is 5.77. The average Bonchev–Trinajstić information content (AvgIpc) is 2.44. The lowest BCUT2D eigenvalue weighted by Crippen LogP contribution is -2.33. The molecule has 0 atom stereocenters. The van der Waals surface area contributed by atoms with Crippen LogP contribution in [0.25, 0.3) is 0 Å². The van der Waals surface area contributed by atoms with E-state index in [2.05, 4.69) is 5.32 Å². The number of rotatable bonds is 6. The standard InChI is InChI=1S/C15H22N2O6/c1-15(2,3)23-14(18)16-7-6-10-8-13(22-5)11(17(19)20)9-12(10)21-4/h8-9H,6-7H2,1-5H3,(H,16,18). The summed E-state index contributed by atoms with van der Waals surface area (Å²) >= 11 is 0. The molecule has 1 amide bonds. The van der Waals surface area contributed by atoms with Gasteiger partial charge in [0.25, 0.3) is 0 Å². The molecule has 1 aromatic rings. The first-order chi connectivity index (χ1) is 10.7. The van der Waals surface area contributed by atoms with Crippen LogP contribution in [0.5, 0.6) is 11.5 Å². The predicted octanol–water partition coefficient (Wildman–Crippen LogP) is 2.68. The minimum absolute atomic E-state index is 0.142. The lowest BCUT2D eigenvalue weighted by atomic mass is 10.1. The van der Waals surface area contributed by atoms with Gasteiger partial charge in [-0.3, -0.25) is 10.1 Å². The van der Waals surface area contributed by atoms with Gasteiger partial charge in [0.2, 0.25) is 0 Å². The van der Waals surface area contributed by atoms with Crippen LogP contribution in [0.2, 0.25) is 0 Å². The molecular formula is C15H22N2O6. The van der Waals surface area contributed by atoms with Crippen LogP contribution < -0.4 is 14.8 Å². The van der Waals surface area contributed by atoms with Gasteiger partial charge < -0.3 is 19.5 Å². The van der Waals surface area contributed by atoms with E-state index in [9.17, 15) is 14.9 Å². The highest BCUT2D eigenvalue weighted by Crippen LogP contribution is 2.34. The summed E-state index contributed by atoms with van der Waals surface area (Å²) in [5.74, 6) is 0.506. The number of amides is 1. The molecule has 0 aliphatic rings. The highest BCUT2D eigenvalue weighted by molar-refractivity contribution is 5.67. The number of benzene rings is 1. The molecule has 8 heteroatoms. The zero-order valence-electron chi connectivity index (χ0n) is 14.0. The molecule has 0 radical (unpaired) electrons. The first kappa shape index (κ1) is 18.5. The van der Waals surface area contributed by atoms with Gasteiger partial charge >= 0.3 is 11.8 Å². The van der Waals surface area contributed by atoms with Crippen LogP contribution in [0.4, 0.5) is 10.5 Å². The van der Waals surface area contributed by atoms with Crippen molar-refractivity contribution in [1.82, 2.24) is 5.32 Å². The molecule has 1 rings (SSSR count). The van der Waals surface area contributed by atoms with Gasteiger partial charge in [-0.1, -0.05) is 0 Å². The van der Waals surface area contributed by atoms with Crippen molar-refractivity contribution in [1.29, 1.82) is 0 Å². The molecule has 0 aliphatic heterocycles. The molecule has 0 spiro atoms. The number of nitrogens with one attached hydrogen (secondary N) is 1. The normalized spacial score (nSPS) is 10.8. The summed E-state index contributed by atoms with van der Waals surface area (Å²) in [4.78, 5) is 22.0. The van der Waals surface area contributed by atoms with Gasteiger partial charge in [0.1, 0.15) is 11.4 Å². The molecule has 0 saturated carbocycles. The van der Waals surface area contributed by atoms with Gasteiger partial charge in [-0.05, 0) is 33.3 Å². The Hall–Kier alpha value is -2.51. The maximum atomic E-state index is 11.6. The van der Waals surface area contributed by atoms with Gasteiger partial charge in [-0.15, -0.1) is 0 Å². The van der Waals surface area contributed by atoms with E-state index in [0.717, 1.165) is 0 Å². The van der Waals surface area contributed by atoms with Crippen molar-refractivity contribution in [2.45, 2.75) is 32.8 Å². The number of nitrogens with zero attached hydrogens (tertiary/aromatic N) is 1. The average molecular weight is 326 g/mol. The molecular weight excluding hydrogens is 304 g/mol. The molecule has 128 valence electrons. The van der Waals surface area contributed by atoms with Crippen LogP contribution in [-0.2, 0) is 11.2 Å². The predicted molar refractivity (Wildman–Crippen MR) is 84.1 cm³/mol. The van der Waals surface area contributed by atoms with Crippen LogP contribution >= 0.6 is 0 Å². The van der Waals surface area contributed by atoms with E-state index in [1.165, 1.54) is 26.4 Å². The fraction of sp³-hybridized carbons (Fsp3) is 0.533. The van der Waals surface area contributed by atoms with Crippen molar-refractivity contribution in [3.8, 4) is 11.5 Å². The number of hydrogen-bond acceptors (Lipinski definition) is 6. The van der Waals surface area contributed by atoms with E-state index in [1.807, 2.05) is 0 Å². The Balaban J connectivity index is 2.80. The molecule has 0 bridgehead atoms. The molecule has 8 nitrogen and oxygen atoms in total. The van der Waals surface area contributed by atoms with Gasteiger partial charge in [0, 0.05) is 12.1 Å². The molecule has 1 aromatic carbocycles. The first-order valence-corrected chi connectivity index (χ1v) is 7.04. The zero-order valence-corrected chi connectivity index (χ0v) is 14.0. The summed E-state index contributed by atoms with van der Waals surface area (Å²) in [6.07, 6.45) is -0.109. The zero-order chi connectivity index (χ0) is 17.6. The van der Waals surface area contributed by atoms with Gasteiger partial charge in [-0.2, -0.15) is 0 Å². The minimum Gasteiger partial charge on any atom is -0.496 e. The Labute approximate surface area is 134 Å². The Bertz CT molecular complexity index is 580. The van der Waals surface area contributed by atoms with Crippen LogP contribution in [-0.4, -0.2) is 37.4 Å². The number of alkyl carbamates (subject to hydrolysis) is 1. The van der Waals surface area contributed by atoms with Crippen LogP contribution in [0.1, 0.15) is 26.3 Å². The van der Waals surface area contributed by atoms with Crippen molar-refractivity contribution in [3.63, 3.8) is 0 Å². The Kier molecular flexibility index (Phi) is 6.18. The van der Waals surface area contributed by atoms with E-state index in [1.54, 1.807) is 20.8 Å². The number of nitro groups is 1. The van der Waals surface area contributed by atoms with Crippen molar-refractivity contribution in [3.05, 3.63) is 27.8 Å². The number of nitro benzene ring substituents is 1. The number of methoxy groups -OCH3 is 2. The summed E-state index contributed by atoms with van der Waals surface area (Å²) in [7, 11) is 2.79. The molecule has 0 saturated heterocycles. The van der Waals surface area contributed by atoms with E-state index in [0.29, 0.717) is 24.3 Å². The second-order valence-corrected chi connectivity index (χ2v) is 5.77. The highest BCUT2D eigenvalue weighted by atomic mass is 16.6. The summed E-state index contributed by atoms with van der Waals surface area (Å²) < 4.78 is 15.3. The van der Waals surface area contributed by atoms with Crippen molar-refractivity contribution >= 4 is 11.8 Å². The van der Waals surface area contributed by atoms with Crippen LogP contribution in [0.3, 0.4) is 0 Å². The van der Waals surface area contributed by atoms with Crippen molar-refractivity contribution in [2.24, 2.45) is 0 Å². The quantitative estimate of drug-likeness (QED) is 0.637. The molecule has 23 heavy (non-hydrogen) atoms. The Morgan fingerprint density at radius 2 is 1.83 bits per heavy atom. The fourth-order valence-corrected chi connectivity index (χ4v) is 1.90. The van der Waals surface area contributed by atoms with Crippen molar-refractivity contribution < 1.29 is 23.9 Å². The molecule has 1 N–H and O–H groups in total. The van der Waals surface area contributed by atoms with Crippen LogP contribution in [0.15, 0.2) is 12.1 Å². The van der Waals surface area contributed by atoms with E-state index >= 15 is 0 Å². The molecule has 0 aromatic heterocycles. The topological polar surface area (TPSA) is 99.9 Å². The largest absolute Gasteiger partial charge is 0.496 e. The third-order valence-electron chi connectivity index (χ3n) is 2.84. The van der Waals surface area contributed by atoms with Gasteiger partial charge in [0.15, 0.2) is 5.75 Å². The van der Waals surface area contributed by atoms with E-state index in [-0.39, 0.29) is 11.4 Å². The second kappa shape index (κ2) is 7.66. The summed E-state index contributed by atoms with van der Waals surface area (Å²) in [6.45, 7) is 5.62. The first-order valence-electron chi connectivity index (χ1n) is 7.04. The monoisotopic (exact) mass is 326 g/mol. The number of ether oxygens (including phenoxy) is 3. The summed E-state index contributed by atoms with van der Waals surface area (Å²) in [5.41, 5.74) is -0.0579. The highest BCUT2D eigenvalue weighted by Gasteiger charge is 2.20. The maximum Gasteiger partial charge on any atom is 0.407 e. The molecule has 0 aliphatic carbocycles. The third kappa shape index (κ3) is 5.65. The lowest BCUT2D eigenvalue weighted by molar-refractivity contribution is -0.385. The van der Waals surface area contributed by atoms with E-state index < -0.39 is 16.6 Å². The smallest absolute Gasteiger partial charge is 0.407 e.